The highest BCUT2D eigenvalue weighted by Gasteiger charge is 2.27. The van der Waals surface area contributed by atoms with Gasteiger partial charge >= 0.3 is 13.1 Å². The zero-order valence-electron chi connectivity index (χ0n) is 9.70. The molecular weight excluding hydrogens is 237 g/mol. The highest BCUT2D eigenvalue weighted by Crippen LogP contribution is 2.20. The molecule has 0 aromatic heterocycles. The Morgan fingerprint density at radius 2 is 2.28 bits per heavy atom. The molecule has 4 N–H and O–H groups in total. The number of carboxylic acid groups (broad SMARTS) is 1. The molecule has 1 aliphatic rings. The molecule has 1 atom stereocenters. The zero-order valence-corrected chi connectivity index (χ0v) is 9.70. The van der Waals surface area contributed by atoms with Crippen molar-refractivity contribution in [1.82, 2.24) is 0 Å². The monoisotopic (exact) mass is 251 g/mol. The summed E-state index contributed by atoms with van der Waals surface area (Å²) in [6.45, 7) is 0.587. The van der Waals surface area contributed by atoms with Gasteiger partial charge in [-0.05, 0) is 5.56 Å². The number of benzene rings is 1. The molecule has 1 aliphatic heterocycles. The first-order valence-corrected chi connectivity index (χ1v) is 5.62. The fourth-order valence-electron chi connectivity index (χ4n) is 1.85. The second-order valence-corrected chi connectivity index (χ2v) is 4.06. The molecule has 7 heteroatoms. The number of fused-ring (bicyclic) bond motifs is 1. The van der Waals surface area contributed by atoms with Gasteiger partial charge < -0.3 is 25.3 Å². The molecule has 96 valence electrons. The first-order valence-electron chi connectivity index (χ1n) is 5.62. The van der Waals surface area contributed by atoms with Gasteiger partial charge in [0.05, 0.1) is 6.61 Å². The Labute approximate surface area is 104 Å². The van der Waals surface area contributed by atoms with E-state index in [1.165, 1.54) is 0 Å². The van der Waals surface area contributed by atoms with E-state index in [2.05, 4.69) is 0 Å². The van der Waals surface area contributed by atoms with E-state index < -0.39 is 19.1 Å². The number of para-hydroxylation sites is 1. The van der Waals surface area contributed by atoms with Crippen LogP contribution in [0.2, 0.25) is 0 Å². The molecule has 0 unspecified atom stereocenters. The van der Waals surface area contributed by atoms with Gasteiger partial charge in [0, 0.05) is 11.9 Å². The number of ether oxygens (including phenoxy) is 1. The molecule has 0 aliphatic carbocycles. The standard InChI is InChI=1S/C11H14BNO5/c13-9(11(14)15)6-7-2-1-3-8-10(7)17-4-5-18-12(8)16/h1-3,9,16H,4-6,13H2,(H,14,15)/t9-/m0/s1. The fraction of sp³-hybridized carbons (Fsp3) is 0.364. The lowest BCUT2D eigenvalue weighted by Gasteiger charge is -2.14. The number of aliphatic carboxylic acids is 1. The molecule has 0 amide bonds. The summed E-state index contributed by atoms with van der Waals surface area (Å²) in [5, 5.41) is 18.6. The van der Waals surface area contributed by atoms with E-state index in [1.807, 2.05) is 0 Å². The second-order valence-electron chi connectivity index (χ2n) is 4.06. The van der Waals surface area contributed by atoms with Gasteiger partial charge in [0.1, 0.15) is 18.4 Å². The Hall–Kier alpha value is -1.57. The summed E-state index contributed by atoms with van der Waals surface area (Å²) in [6.07, 6.45) is 0.144. The summed E-state index contributed by atoms with van der Waals surface area (Å²) >= 11 is 0. The Balaban J connectivity index is 2.31. The zero-order chi connectivity index (χ0) is 13.1. The van der Waals surface area contributed by atoms with Crippen molar-refractivity contribution in [3.8, 4) is 5.75 Å². The lowest BCUT2D eigenvalue weighted by molar-refractivity contribution is -0.138. The summed E-state index contributed by atoms with van der Waals surface area (Å²) in [6, 6.07) is 4.13. The van der Waals surface area contributed by atoms with Crippen molar-refractivity contribution in [3.63, 3.8) is 0 Å². The van der Waals surface area contributed by atoms with Crippen LogP contribution < -0.4 is 15.9 Å². The van der Waals surface area contributed by atoms with Crippen molar-refractivity contribution < 1.29 is 24.3 Å². The highest BCUT2D eigenvalue weighted by molar-refractivity contribution is 6.61. The van der Waals surface area contributed by atoms with Crippen molar-refractivity contribution in [1.29, 1.82) is 0 Å². The van der Waals surface area contributed by atoms with Gasteiger partial charge in [0.15, 0.2) is 0 Å². The van der Waals surface area contributed by atoms with Gasteiger partial charge in [-0.3, -0.25) is 4.79 Å². The fourth-order valence-corrected chi connectivity index (χ4v) is 1.85. The van der Waals surface area contributed by atoms with E-state index in [9.17, 15) is 9.82 Å². The smallest absolute Gasteiger partial charge is 0.491 e. The maximum atomic E-state index is 10.8. The molecule has 1 heterocycles. The molecule has 2 rings (SSSR count). The van der Waals surface area contributed by atoms with Crippen LogP contribution in [0.3, 0.4) is 0 Å². The molecular formula is C11H14BNO5. The van der Waals surface area contributed by atoms with E-state index in [1.54, 1.807) is 18.2 Å². The van der Waals surface area contributed by atoms with Crippen LogP contribution in [0.15, 0.2) is 18.2 Å². The van der Waals surface area contributed by atoms with Crippen LogP contribution in [0.5, 0.6) is 5.75 Å². The van der Waals surface area contributed by atoms with E-state index in [0.29, 0.717) is 23.4 Å². The third kappa shape index (κ3) is 2.64. The number of hydrogen-bond acceptors (Lipinski definition) is 5. The van der Waals surface area contributed by atoms with E-state index in [4.69, 9.17) is 20.2 Å². The SMILES string of the molecule is N[C@@H](Cc1cccc2c1OCCOB2O)C(=O)O. The molecule has 6 nitrogen and oxygen atoms in total. The van der Waals surface area contributed by atoms with Gasteiger partial charge in [0.25, 0.3) is 0 Å². The number of carbonyl (C=O) groups is 1. The van der Waals surface area contributed by atoms with E-state index in [-0.39, 0.29) is 13.0 Å². The number of carboxylic acids is 1. The summed E-state index contributed by atoms with van der Waals surface area (Å²) < 4.78 is 10.6. The van der Waals surface area contributed by atoms with Crippen LogP contribution in [0, 0.1) is 0 Å². The molecule has 1 aromatic rings. The maximum Gasteiger partial charge on any atom is 0.495 e. The summed E-state index contributed by atoms with van der Waals surface area (Å²) in [7, 11) is -1.05. The topological polar surface area (TPSA) is 102 Å². The molecule has 0 fully saturated rings. The minimum absolute atomic E-state index is 0.144. The van der Waals surface area contributed by atoms with Crippen LogP contribution in [0.1, 0.15) is 5.56 Å². The summed E-state index contributed by atoms with van der Waals surface area (Å²) in [5.41, 5.74) is 6.67. The minimum Gasteiger partial charge on any atom is -0.491 e. The minimum atomic E-state index is -1.07. The lowest BCUT2D eigenvalue weighted by Crippen LogP contribution is -2.35. The van der Waals surface area contributed by atoms with Gasteiger partial charge in [-0.25, -0.2) is 0 Å². The Morgan fingerprint density at radius 3 is 3.00 bits per heavy atom. The van der Waals surface area contributed by atoms with Gasteiger partial charge in [0.2, 0.25) is 0 Å². The molecule has 18 heavy (non-hydrogen) atoms. The molecule has 0 saturated carbocycles. The van der Waals surface area contributed by atoms with Crippen LogP contribution in [0.25, 0.3) is 0 Å². The number of hydrogen-bond donors (Lipinski definition) is 3. The predicted molar refractivity (Wildman–Crippen MR) is 64.8 cm³/mol. The van der Waals surface area contributed by atoms with Gasteiger partial charge in [-0.2, -0.15) is 0 Å². The Morgan fingerprint density at radius 1 is 1.50 bits per heavy atom. The van der Waals surface area contributed by atoms with Gasteiger partial charge in [-0.15, -0.1) is 0 Å². The van der Waals surface area contributed by atoms with Gasteiger partial charge in [-0.1, -0.05) is 18.2 Å². The maximum absolute atomic E-state index is 10.8. The summed E-state index contributed by atoms with van der Waals surface area (Å²) in [4.78, 5) is 10.8. The molecule has 1 aromatic carbocycles. The second kappa shape index (κ2) is 5.39. The first kappa shape index (κ1) is 12.9. The Kier molecular flexibility index (Phi) is 3.85. The molecule has 0 saturated heterocycles. The van der Waals surface area contributed by atoms with Crippen molar-refractivity contribution >= 4 is 18.6 Å². The third-order valence-corrected chi connectivity index (χ3v) is 2.76. The van der Waals surface area contributed by atoms with Crippen molar-refractivity contribution in [3.05, 3.63) is 23.8 Å². The molecule has 0 bridgehead atoms. The largest absolute Gasteiger partial charge is 0.495 e. The van der Waals surface area contributed by atoms with Crippen LogP contribution in [-0.2, 0) is 15.9 Å². The van der Waals surface area contributed by atoms with Crippen molar-refractivity contribution in [2.45, 2.75) is 12.5 Å². The van der Waals surface area contributed by atoms with Crippen molar-refractivity contribution in [2.24, 2.45) is 5.73 Å². The number of rotatable bonds is 3. The van der Waals surface area contributed by atoms with Crippen molar-refractivity contribution in [2.75, 3.05) is 13.2 Å². The quantitative estimate of drug-likeness (QED) is 0.579. The average Bonchev–Trinajstić information content (AvgIpc) is 2.53. The number of nitrogens with two attached hydrogens (primary N) is 1. The Bertz CT molecular complexity index is 453. The van der Waals surface area contributed by atoms with E-state index in [0.717, 1.165) is 0 Å². The lowest BCUT2D eigenvalue weighted by atomic mass is 9.77. The van der Waals surface area contributed by atoms with Crippen LogP contribution >= 0.6 is 0 Å². The normalized spacial score (nSPS) is 16.4. The highest BCUT2D eigenvalue weighted by atomic mass is 16.6. The van der Waals surface area contributed by atoms with Crippen LogP contribution in [-0.4, -0.2) is 42.5 Å². The average molecular weight is 251 g/mol. The van der Waals surface area contributed by atoms with Crippen LogP contribution in [0.4, 0.5) is 0 Å². The third-order valence-electron chi connectivity index (χ3n) is 2.76. The van der Waals surface area contributed by atoms with E-state index >= 15 is 0 Å². The molecule has 0 spiro atoms. The first-order chi connectivity index (χ1) is 8.59. The molecule has 0 radical (unpaired) electrons. The predicted octanol–water partition coefficient (Wildman–Crippen LogP) is -1.26. The summed E-state index contributed by atoms with van der Waals surface area (Å²) in [5.74, 6) is -0.600.